The van der Waals surface area contributed by atoms with Crippen LogP contribution in [0.2, 0.25) is 0 Å². The summed E-state index contributed by atoms with van der Waals surface area (Å²) in [7, 11) is 0. The van der Waals surface area contributed by atoms with Crippen molar-refractivity contribution in [3.05, 3.63) is 41.5 Å². The second-order valence-electron chi connectivity index (χ2n) is 2.79. The second-order valence-corrected chi connectivity index (χ2v) is 3.80. The highest BCUT2D eigenvalue weighted by atomic mass is 79.9. The van der Waals surface area contributed by atoms with E-state index in [1.165, 1.54) is 11.1 Å². The smallest absolute Gasteiger partial charge is 0.0283 e. The SMILES string of the molecule is SCCC=Cc1cccc(CBr)c1. The highest BCUT2D eigenvalue weighted by Crippen LogP contribution is 2.10. The van der Waals surface area contributed by atoms with Crippen LogP contribution in [0.25, 0.3) is 6.08 Å². The fraction of sp³-hybridized carbons (Fsp3) is 0.273. The minimum Gasteiger partial charge on any atom is -0.179 e. The molecule has 0 saturated heterocycles. The van der Waals surface area contributed by atoms with Gasteiger partial charge in [-0.15, -0.1) is 0 Å². The molecule has 0 atom stereocenters. The zero-order valence-corrected chi connectivity index (χ0v) is 9.89. The normalized spacial score (nSPS) is 10.9. The molecule has 0 aliphatic carbocycles. The summed E-state index contributed by atoms with van der Waals surface area (Å²) in [6.45, 7) is 0. The standard InChI is InChI=1S/C11H13BrS/c12-9-11-6-3-5-10(8-11)4-1-2-7-13/h1,3-6,8,13H,2,7,9H2. The van der Waals surface area contributed by atoms with Crippen LogP contribution in [0.4, 0.5) is 0 Å². The molecule has 0 bridgehead atoms. The number of hydrogen-bond acceptors (Lipinski definition) is 1. The van der Waals surface area contributed by atoms with E-state index < -0.39 is 0 Å². The van der Waals surface area contributed by atoms with Crippen molar-refractivity contribution in [1.29, 1.82) is 0 Å². The van der Waals surface area contributed by atoms with E-state index in [9.17, 15) is 0 Å². The Hall–Kier alpha value is -0.210. The summed E-state index contributed by atoms with van der Waals surface area (Å²) in [5, 5.41) is 0.918. The molecule has 70 valence electrons. The number of rotatable bonds is 4. The van der Waals surface area contributed by atoms with Crippen molar-refractivity contribution in [1.82, 2.24) is 0 Å². The summed E-state index contributed by atoms with van der Waals surface area (Å²) in [5.74, 6) is 0.911. The number of alkyl halides is 1. The van der Waals surface area contributed by atoms with E-state index in [0.29, 0.717) is 0 Å². The summed E-state index contributed by atoms with van der Waals surface area (Å²) in [4.78, 5) is 0. The van der Waals surface area contributed by atoms with Gasteiger partial charge in [0.25, 0.3) is 0 Å². The molecule has 0 aromatic heterocycles. The molecule has 0 saturated carbocycles. The molecule has 0 aliphatic rings. The van der Waals surface area contributed by atoms with Crippen molar-refractivity contribution in [3.8, 4) is 0 Å². The van der Waals surface area contributed by atoms with E-state index in [2.05, 4.69) is 65.0 Å². The quantitative estimate of drug-likeness (QED) is 0.613. The Kier molecular flexibility index (Phi) is 5.25. The maximum absolute atomic E-state index is 4.15. The van der Waals surface area contributed by atoms with Gasteiger partial charge in [0.05, 0.1) is 0 Å². The van der Waals surface area contributed by atoms with Gasteiger partial charge in [-0.2, -0.15) is 12.6 Å². The average Bonchev–Trinajstić information content (AvgIpc) is 2.19. The lowest BCUT2D eigenvalue weighted by atomic mass is 10.1. The fourth-order valence-electron chi connectivity index (χ4n) is 1.07. The maximum atomic E-state index is 4.15. The van der Waals surface area contributed by atoms with Crippen LogP contribution < -0.4 is 0 Å². The summed E-state index contributed by atoms with van der Waals surface area (Å²) in [5.41, 5.74) is 2.58. The predicted molar refractivity (Wildman–Crippen MR) is 66.6 cm³/mol. The number of halogens is 1. The highest BCUT2D eigenvalue weighted by molar-refractivity contribution is 9.08. The molecule has 0 radical (unpaired) electrons. The van der Waals surface area contributed by atoms with Crippen LogP contribution in [0, 0.1) is 0 Å². The zero-order chi connectivity index (χ0) is 9.52. The lowest BCUT2D eigenvalue weighted by molar-refractivity contribution is 1.26. The Bertz CT molecular complexity index is 281. The van der Waals surface area contributed by atoms with Gasteiger partial charge < -0.3 is 0 Å². The minimum atomic E-state index is 0.911. The molecule has 2 heteroatoms. The first-order valence-electron chi connectivity index (χ1n) is 4.29. The molecule has 1 aromatic rings. The Labute approximate surface area is 93.6 Å². The number of hydrogen-bond donors (Lipinski definition) is 1. The molecule has 0 unspecified atom stereocenters. The molecule has 13 heavy (non-hydrogen) atoms. The maximum Gasteiger partial charge on any atom is 0.0283 e. The second kappa shape index (κ2) is 6.28. The number of allylic oxidation sites excluding steroid dienone is 1. The predicted octanol–water partition coefficient (Wildman–Crippen LogP) is 3.91. The third kappa shape index (κ3) is 4.01. The molecule has 1 rings (SSSR count). The minimum absolute atomic E-state index is 0.911. The fourth-order valence-corrected chi connectivity index (χ4v) is 1.57. The van der Waals surface area contributed by atoms with Crippen LogP contribution >= 0.6 is 28.6 Å². The van der Waals surface area contributed by atoms with Crippen molar-refractivity contribution in [2.75, 3.05) is 5.75 Å². The Morgan fingerprint density at radius 2 is 2.23 bits per heavy atom. The van der Waals surface area contributed by atoms with Crippen molar-refractivity contribution in [2.24, 2.45) is 0 Å². The van der Waals surface area contributed by atoms with E-state index in [1.807, 2.05) is 0 Å². The van der Waals surface area contributed by atoms with Gasteiger partial charge in [-0.25, -0.2) is 0 Å². The van der Waals surface area contributed by atoms with E-state index in [-0.39, 0.29) is 0 Å². The third-order valence-corrected chi connectivity index (χ3v) is 2.62. The number of thiol groups is 1. The van der Waals surface area contributed by atoms with Gasteiger partial charge >= 0.3 is 0 Å². The number of benzene rings is 1. The summed E-state index contributed by atoms with van der Waals surface area (Å²) < 4.78 is 0. The largest absolute Gasteiger partial charge is 0.179 e. The molecule has 0 fully saturated rings. The van der Waals surface area contributed by atoms with Gasteiger partial charge in [-0.1, -0.05) is 52.3 Å². The first kappa shape index (κ1) is 10.9. The van der Waals surface area contributed by atoms with Gasteiger partial charge in [0.1, 0.15) is 0 Å². The Morgan fingerprint density at radius 1 is 1.38 bits per heavy atom. The summed E-state index contributed by atoms with van der Waals surface area (Å²) in [6.07, 6.45) is 5.32. The van der Waals surface area contributed by atoms with Crippen LogP contribution in [0.1, 0.15) is 17.5 Å². The summed E-state index contributed by atoms with van der Waals surface area (Å²) in [6, 6.07) is 8.49. The van der Waals surface area contributed by atoms with E-state index >= 15 is 0 Å². The molecular weight excluding hydrogens is 244 g/mol. The van der Waals surface area contributed by atoms with Crippen molar-refractivity contribution in [3.63, 3.8) is 0 Å². The van der Waals surface area contributed by atoms with Crippen LogP contribution in [0.15, 0.2) is 30.3 Å². The van der Waals surface area contributed by atoms with Crippen LogP contribution in [-0.4, -0.2) is 5.75 Å². The first-order chi connectivity index (χ1) is 6.36. The molecule has 1 aromatic carbocycles. The molecule has 0 nitrogen and oxygen atoms in total. The van der Waals surface area contributed by atoms with Gasteiger partial charge in [-0.05, 0) is 23.3 Å². The third-order valence-electron chi connectivity index (χ3n) is 1.71. The highest BCUT2D eigenvalue weighted by Gasteiger charge is 1.90. The van der Waals surface area contributed by atoms with Gasteiger partial charge in [0, 0.05) is 5.33 Å². The van der Waals surface area contributed by atoms with Crippen LogP contribution in [0.5, 0.6) is 0 Å². The van der Waals surface area contributed by atoms with E-state index in [4.69, 9.17) is 0 Å². The van der Waals surface area contributed by atoms with E-state index in [0.717, 1.165) is 17.5 Å². The first-order valence-corrected chi connectivity index (χ1v) is 6.04. The topological polar surface area (TPSA) is 0 Å². The summed E-state index contributed by atoms with van der Waals surface area (Å²) >= 11 is 7.58. The zero-order valence-electron chi connectivity index (χ0n) is 7.41. The van der Waals surface area contributed by atoms with Crippen molar-refractivity contribution in [2.45, 2.75) is 11.8 Å². The molecule has 0 spiro atoms. The van der Waals surface area contributed by atoms with Crippen LogP contribution in [0.3, 0.4) is 0 Å². The molecular formula is C11H13BrS. The van der Waals surface area contributed by atoms with Gasteiger partial charge in [-0.3, -0.25) is 0 Å². The monoisotopic (exact) mass is 256 g/mol. The lowest BCUT2D eigenvalue weighted by Gasteiger charge is -1.97. The molecule has 0 N–H and O–H groups in total. The molecule has 0 aliphatic heterocycles. The van der Waals surface area contributed by atoms with E-state index in [1.54, 1.807) is 0 Å². The average molecular weight is 257 g/mol. The lowest BCUT2D eigenvalue weighted by Crippen LogP contribution is -1.78. The molecule has 0 heterocycles. The molecule has 0 amide bonds. The van der Waals surface area contributed by atoms with Gasteiger partial charge in [0.2, 0.25) is 0 Å². The van der Waals surface area contributed by atoms with Crippen molar-refractivity contribution >= 4 is 34.6 Å². The Morgan fingerprint density at radius 3 is 2.92 bits per heavy atom. The van der Waals surface area contributed by atoms with Gasteiger partial charge in [0.15, 0.2) is 0 Å². The van der Waals surface area contributed by atoms with Crippen molar-refractivity contribution < 1.29 is 0 Å². The Balaban J connectivity index is 2.66. The van der Waals surface area contributed by atoms with Crippen LogP contribution in [-0.2, 0) is 5.33 Å².